The molecule has 0 unspecified atom stereocenters. The zero-order chi connectivity index (χ0) is 12.3. The van der Waals surface area contributed by atoms with E-state index in [0.717, 1.165) is 23.5 Å². The molecule has 2 aliphatic rings. The number of hydrogen-bond donors (Lipinski definition) is 0. The molecule has 0 bridgehead atoms. The molecule has 0 atom stereocenters. The third-order valence-electron chi connectivity index (χ3n) is 3.99. The van der Waals surface area contributed by atoms with E-state index in [1.165, 1.54) is 12.8 Å². The average Bonchev–Trinajstić information content (AvgIpc) is 2.95. The zero-order valence-corrected chi connectivity index (χ0v) is 10.7. The highest BCUT2D eigenvalue weighted by molar-refractivity contribution is 5.98. The lowest BCUT2D eigenvalue weighted by Crippen LogP contribution is -2.29. The van der Waals surface area contributed by atoms with Crippen LogP contribution in [-0.4, -0.2) is 15.8 Å². The van der Waals surface area contributed by atoms with E-state index in [4.69, 9.17) is 0 Å². The van der Waals surface area contributed by atoms with Gasteiger partial charge in [-0.25, -0.2) is 9.97 Å². The molecular formula is C14H18N2O. The summed E-state index contributed by atoms with van der Waals surface area (Å²) in [4.78, 5) is 21.1. The minimum atomic E-state index is 0.0418. The van der Waals surface area contributed by atoms with Gasteiger partial charge in [0.25, 0.3) is 0 Å². The van der Waals surface area contributed by atoms with Gasteiger partial charge in [-0.15, -0.1) is 0 Å². The minimum Gasteiger partial charge on any atom is -0.294 e. The Morgan fingerprint density at radius 3 is 2.53 bits per heavy atom. The van der Waals surface area contributed by atoms with Crippen LogP contribution in [0.2, 0.25) is 0 Å². The van der Waals surface area contributed by atoms with Gasteiger partial charge in [-0.05, 0) is 24.7 Å². The van der Waals surface area contributed by atoms with Crippen LogP contribution in [0.15, 0.2) is 6.20 Å². The van der Waals surface area contributed by atoms with Crippen molar-refractivity contribution in [3.05, 3.63) is 23.3 Å². The Kier molecular flexibility index (Phi) is 2.02. The summed E-state index contributed by atoms with van der Waals surface area (Å²) in [6.45, 7) is 6.47. The van der Waals surface area contributed by atoms with E-state index in [1.54, 1.807) is 6.20 Å². The van der Waals surface area contributed by atoms with Crippen LogP contribution in [0.3, 0.4) is 0 Å². The topological polar surface area (TPSA) is 42.9 Å². The zero-order valence-electron chi connectivity index (χ0n) is 10.7. The normalized spacial score (nSPS) is 24.3. The fourth-order valence-corrected chi connectivity index (χ4v) is 2.53. The lowest BCUT2D eigenvalue weighted by molar-refractivity contribution is 0.0909. The Hall–Kier alpha value is -1.25. The Morgan fingerprint density at radius 1 is 1.18 bits per heavy atom. The second-order valence-corrected chi connectivity index (χ2v) is 6.56. The summed E-state index contributed by atoms with van der Waals surface area (Å²) in [7, 11) is 0. The van der Waals surface area contributed by atoms with Crippen molar-refractivity contribution in [1.29, 1.82) is 0 Å². The second kappa shape index (κ2) is 3.15. The predicted molar refractivity (Wildman–Crippen MR) is 65.1 cm³/mol. The monoisotopic (exact) mass is 230 g/mol. The van der Waals surface area contributed by atoms with Gasteiger partial charge < -0.3 is 0 Å². The van der Waals surface area contributed by atoms with Crippen molar-refractivity contribution in [2.24, 2.45) is 5.41 Å². The van der Waals surface area contributed by atoms with Crippen LogP contribution in [0.4, 0.5) is 0 Å². The molecule has 17 heavy (non-hydrogen) atoms. The molecule has 3 rings (SSSR count). The molecule has 0 radical (unpaired) electrons. The molecule has 3 heteroatoms. The van der Waals surface area contributed by atoms with Crippen molar-refractivity contribution in [2.75, 3.05) is 0 Å². The summed E-state index contributed by atoms with van der Waals surface area (Å²) in [5.74, 6) is 1.13. The number of hydrogen-bond acceptors (Lipinski definition) is 3. The maximum Gasteiger partial charge on any atom is 0.166 e. The van der Waals surface area contributed by atoms with E-state index in [0.29, 0.717) is 6.42 Å². The number of fused-ring (bicyclic) bond motifs is 1. The molecule has 0 aliphatic heterocycles. The van der Waals surface area contributed by atoms with Crippen LogP contribution in [0.5, 0.6) is 0 Å². The fraction of sp³-hybridized carbons (Fsp3) is 0.643. The number of carbonyl (C=O) groups is 1. The summed E-state index contributed by atoms with van der Waals surface area (Å²) in [6.07, 6.45) is 5.59. The summed E-state index contributed by atoms with van der Waals surface area (Å²) in [5, 5.41) is 0. The Balaban J connectivity index is 2.05. The summed E-state index contributed by atoms with van der Waals surface area (Å²) in [6, 6.07) is 0. The first-order chi connectivity index (χ1) is 7.90. The largest absolute Gasteiger partial charge is 0.294 e. The van der Waals surface area contributed by atoms with Crippen LogP contribution >= 0.6 is 0 Å². The van der Waals surface area contributed by atoms with Gasteiger partial charge in [-0.2, -0.15) is 0 Å². The van der Waals surface area contributed by atoms with E-state index in [9.17, 15) is 4.79 Å². The fourth-order valence-electron chi connectivity index (χ4n) is 2.53. The van der Waals surface area contributed by atoms with Crippen molar-refractivity contribution in [2.45, 2.75) is 51.9 Å². The molecule has 1 heterocycles. The van der Waals surface area contributed by atoms with E-state index in [1.807, 2.05) is 0 Å². The average molecular weight is 230 g/mol. The SMILES string of the molecule is CC1(C)CC(=O)c2cnc(C3(C)CC3)nc2C1. The highest BCUT2D eigenvalue weighted by Crippen LogP contribution is 2.46. The van der Waals surface area contributed by atoms with Crippen molar-refractivity contribution in [1.82, 2.24) is 9.97 Å². The number of aromatic nitrogens is 2. The summed E-state index contributed by atoms with van der Waals surface area (Å²) in [5.41, 5.74) is 1.93. The third-order valence-corrected chi connectivity index (χ3v) is 3.99. The van der Waals surface area contributed by atoms with E-state index >= 15 is 0 Å². The van der Waals surface area contributed by atoms with Crippen molar-refractivity contribution < 1.29 is 4.79 Å². The molecule has 0 amide bonds. The van der Waals surface area contributed by atoms with E-state index < -0.39 is 0 Å². The van der Waals surface area contributed by atoms with Crippen molar-refractivity contribution in [3.8, 4) is 0 Å². The van der Waals surface area contributed by atoms with E-state index in [-0.39, 0.29) is 16.6 Å². The van der Waals surface area contributed by atoms with Crippen LogP contribution < -0.4 is 0 Å². The van der Waals surface area contributed by atoms with Gasteiger partial charge in [-0.3, -0.25) is 4.79 Å². The first kappa shape index (κ1) is 10.9. The number of ketones is 1. The smallest absolute Gasteiger partial charge is 0.166 e. The van der Waals surface area contributed by atoms with Gasteiger partial charge in [-0.1, -0.05) is 20.8 Å². The molecule has 0 aromatic carbocycles. The lowest BCUT2D eigenvalue weighted by atomic mass is 9.76. The maximum absolute atomic E-state index is 12.0. The van der Waals surface area contributed by atoms with Gasteiger partial charge in [0.1, 0.15) is 5.82 Å². The van der Waals surface area contributed by atoms with Crippen LogP contribution in [0.25, 0.3) is 0 Å². The minimum absolute atomic E-state index is 0.0418. The molecule has 1 fully saturated rings. The third kappa shape index (κ3) is 1.78. The lowest BCUT2D eigenvalue weighted by Gasteiger charge is -2.29. The maximum atomic E-state index is 12.0. The summed E-state index contributed by atoms with van der Waals surface area (Å²) >= 11 is 0. The molecule has 0 saturated heterocycles. The number of nitrogens with zero attached hydrogens (tertiary/aromatic N) is 2. The highest BCUT2D eigenvalue weighted by atomic mass is 16.1. The van der Waals surface area contributed by atoms with Crippen molar-refractivity contribution >= 4 is 5.78 Å². The van der Waals surface area contributed by atoms with Crippen molar-refractivity contribution in [3.63, 3.8) is 0 Å². The highest BCUT2D eigenvalue weighted by Gasteiger charge is 2.43. The molecule has 90 valence electrons. The number of rotatable bonds is 1. The standard InChI is InChI=1S/C14H18N2O/c1-13(2)6-10-9(11(17)7-13)8-15-12(16-10)14(3)4-5-14/h8H,4-7H2,1-3H3. The van der Waals surface area contributed by atoms with Gasteiger partial charge in [0, 0.05) is 18.0 Å². The molecule has 3 nitrogen and oxygen atoms in total. The molecule has 0 spiro atoms. The van der Waals surface area contributed by atoms with Gasteiger partial charge in [0.2, 0.25) is 0 Å². The Bertz CT molecular complexity index is 501. The van der Waals surface area contributed by atoms with Crippen LogP contribution in [0, 0.1) is 5.41 Å². The predicted octanol–water partition coefficient (Wildman–Crippen LogP) is 2.68. The molecular weight excluding hydrogens is 212 g/mol. The number of carbonyl (C=O) groups excluding carboxylic acids is 1. The summed E-state index contributed by atoms with van der Waals surface area (Å²) < 4.78 is 0. The Labute approximate surface area is 102 Å². The van der Waals surface area contributed by atoms with Gasteiger partial charge >= 0.3 is 0 Å². The molecule has 1 saturated carbocycles. The molecule has 2 aliphatic carbocycles. The second-order valence-electron chi connectivity index (χ2n) is 6.56. The van der Waals surface area contributed by atoms with E-state index in [2.05, 4.69) is 30.7 Å². The first-order valence-electron chi connectivity index (χ1n) is 6.29. The molecule has 1 aromatic rings. The Morgan fingerprint density at radius 2 is 1.88 bits per heavy atom. The van der Waals surface area contributed by atoms with Crippen LogP contribution in [0.1, 0.15) is 61.9 Å². The van der Waals surface area contributed by atoms with Gasteiger partial charge in [0.05, 0.1) is 11.3 Å². The quantitative estimate of drug-likeness (QED) is 0.745. The van der Waals surface area contributed by atoms with Crippen LogP contribution in [-0.2, 0) is 11.8 Å². The number of Topliss-reactive ketones (excluding diaryl/α,β-unsaturated/α-hetero) is 1. The molecule has 1 aromatic heterocycles. The molecule has 0 N–H and O–H groups in total. The van der Waals surface area contributed by atoms with Gasteiger partial charge in [0.15, 0.2) is 5.78 Å². The first-order valence-corrected chi connectivity index (χ1v) is 6.29.